The van der Waals surface area contributed by atoms with Crippen molar-refractivity contribution < 1.29 is 9.84 Å². The standard InChI is InChI=1S/C15H24N2O2S/c1-19-10-12-14(9-18)20-15(16-12)17-8-4-7-13(17)11-5-2-3-6-11/h11,13,18H,2-10H2,1H3. The maximum atomic E-state index is 9.47. The molecule has 0 amide bonds. The number of aliphatic hydroxyl groups is 1. The minimum Gasteiger partial charge on any atom is -0.391 e. The Balaban J connectivity index is 1.79. The lowest BCUT2D eigenvalue weighted by molar-refractivity contribution is 0.179. The smallest absolute Gasteiger partial charge is 0.186 e. The van der Waals surface area contributed by atoms with Crippen LogP contribution in [0, 0.1) is 5.92 Å². The van der Waals surface area contributed by atoms with Gasteiger partial charge in [-0.15, -0.1) is 0 Å². The topological polar surface area (TPSA) is 45.6 Å². The molecule has 0 bridgehead atoms. The largest absolute Gasteiger partial charge is 0.391 e. The van der Waals surface area contributed by atoms with Gasteiger partial charge in [0.25, 0.3) is 0 Å². The second kappa shape index (κ2) is 6.41. The fraction of sp³-hybridized carbons (Fsp3) is 0.800. The van der Waals surface area contributed by atoms with Crippen LogP contribution in [0.1, 0.15) is 49.1 Å². The summed E-state index contributed by atoms with van der Waals surface area (Å²) in [6.07, 6.45) is 8.12. The van der Waals surface area contributed by atoms with Crippen LogP contribution in [0.15, 0.2) is 0 Å². The van der Waals surface area contributed by atoms with E-state index in [2.05, 4.69) is 4.90 Å². The summed E-state index contributed by atoms with van der Waals surface area (Å²) in [4.78, 5) is 8.19. The van der Waals surface area contributed by atoms with Gasteiger partial charge in [-0.25, -0.2) is 4.98 Å². The highest BCUT2D eigenvalue weighted by Gasteiger charge is 2.35. The average Bonchev–Trinajstić information content (AvgIpc) is 3.18. The van der Waals surface area contributed by atoms with Crippen LogP contribution in [-0.4, -0.2) is 29.8 Å². The van der Waals surface area contributed by atoms with Crippen molar-refractivity contribution in [3.63, 3.8) is 0 Å². The van der Waals surface area contributed by atoms with Gasteiger partial charge in [0.1, 0.15) is 0 Å². The highest BCUT2D eigenvalue weighted by Crippen LogP contribution is 2.39. The predicted molar refractivity (Wildman–Crippen MR) is 81.1 cm³/mol. The van der Waals surface area contributed by atoms with Gasteiger partial charge in [0.05, 0.1) is 23.8 Å². The van der Waals surface area contributed by atoms with E-state index in [9.17, 15) is 5.11 Å². The summed E-state index contributed by atoms with van der Waals surface area (Å²) in [5.74, 6) is 0.852. The fourth-order valence-corrected chi connectivity index (χ4v) is 4.73. The lowest BCUT2D eigenvalue weighted by Crippen LogP contribution is -2.34. The highest BCUT2D eigenvalue weighted by atomic mass is 32.1. The molecule has 0 radical (unpaired) electrons. The Morgan fingerprint density at radius 1 is 1.30 bits per heavy atom. The predicted octanol–water partition coefficient (Wildman–Crippen LogP) is 2.94. The van der Waals surface area contributed by atoms with Gasteiger partial charge < -0.3 is 14.7 Å². The summed E-state index contributed by atoms with van der Waals surface area (Å²) in [6.45, 7) is 1.68. The number of aliphatic hydroxyl groups excluding tert-OH is 1. The van der Waals surface area contributed by atoms with Gasteiger partial charge in [-0.3, -0.25) is 0 Å². The lowest BCUT2D eigenvalue weighted by atomic mass is 9.96. The minimum atomic E-state index is 0.0678. The normalized spacial score (nSPS) is 23.9. The number of methoxy groups -OCH3 is 1. The van der Waals surface area contributed by atoms with E-state index in [0.717, 1.165) is 28.2 Å². The minimum absolute atomic E-state index is 0.0678. The van der Waals surface area contributed by atoms with Crippen LogP contribution in [-0.2, 0) is 18.0 Å². The maximum Gasteiger partial charge on any atom is 0.186 e. The molecule has 1 saturated carbocycles. The van der Waals surface area contributed by atoms with E-state index >= 15 is 0 Å². The molecular formula is C15H24N2O2S. The molecule has 0 aromatic carbocycles. The third-order valence-electron chi connectivity index (χ3n) is 4.68. The quantitative estimate of drug-likeness (QED) is 0.907. The first-order chi connectivity index (χ1) is 9.83. The van der Waals surface area contributed by atoms with Crippen molar-refractivity contribution in [2.24, 2.45) is 5.92 Å². The third kappa shape index (κ3) is 2.71. The molecule has 1 atom stereocenters. The van der Waals surface area contributed by atoms with Crippen molar-refractivity contribution >= 4 is 16.5 Å². The summed E-state index contributed by atoms with van der Waals surface area (Å²) in [6, 6.07) is 0.672. The second-order valence-corrected chi connectivity index (χ2v) is 6.97. The van der Waals surface area contributed by atoms with Crippen molar-refractivity contribution in [1.82, 2.24) is 4.98 Å². The van der Waals surface area contributed by atoms with Crippen LogP contribution >= 0.6 is 11.3 Å². The molecule has 1 unspecified atom stereocenters. The number of anilines is 1. The van der Waals surface area contributed by atoms with Gasteiger partial charge in [-0.05, 0) is 31.6 Å². The van der Waals surface area contributed by atoms with Crippen LogP contribution in [0.2, 0.25) is 0 Å². The number of nitrogens with zero attached hydrogens (tertiary/aromatic N) is 2. The van der Waals surface area contributed by atoms with Crippen molar-refractivity contribution in [2.45, 2.75) is 57.8 Å². The van der Waals surface area contributed by atoms with Crippen molar-refractivity contribution in [3.8, 4) is 0 Å². The molecule has 2 heterocycles. The number of thiazole rings is 1. The molecule has 2 fully saturated rings. The average molecular weight is 296 g/mol. The van der Waals surface area contributed by atoms with E-state index in [4.69, 9.17) is 9.72 Å². The molecule has 3 rings (SSSR count). The van der Waals surface area contributed by atoms with Crippen LogP contribution in [0.4, 0.5) is 5.13 Å². The molecule has 5 heteroatoms. The summed E-state index contributed by atoms with van der Waals surface area (Å²) in [7, 11) is 1.68. The lowest BCUT2D eigenvalue weighted by Gasteiger charge is -2.29. The number of hydrogen-bond donors (Lipinski definition) is 1. The Morgan fingerprint density at radius 2 is 2.10 bits per heavy atom. The van der Waals surface area contributed by atoms with Crippen LogP contribution < -0.4 is 4.90 Å². The molecular weight excluding hydrogens is 272 g/mol. The Kier molecular flexibility index (Phi) is 4.58. The zero-order valence-corrected chi connectivity index (χ0v) is 13.0. The van der Waals surface area contributed by atoms with Crippen molar-refractivity contribution in [3.05, 3.63) is 10.6 Å². The zero-order chi connectivity index (χ0) is 13.9. The Labute approximate surface area is 124 Å². The summed E-state index contributed by atoms with van der Waals surface area (Å²) >= 11 is 1.64. The number of hydrogen-bond acceptors (Lipinski definition) is 5. The van der Waals surface area contributed by atoms with Crippen molar-refractivity contribution in [2.75, 3.05) is 18.6 Å². The fourth-order valence-electron chi connectivity index (χ4n) is 3.73. The van der Waals surface area contributed by atoms with E-state index in [1.165, 1.54) is 38.5 Å². The summed E-state index contributed by atoms with van der Waals surface area (Å²) < 4.78 is 5.19. The van der Waals surface area contributed by atoms with Crippen LogP contribution in [0.25, 0.3) is 0 Å². The molecule has 4 nitrogen and oxygen atoms in total. The first kappa shape index (κ1) is 14.3. The Hall–Kier alpha value is -0.650. The van der Waals surface area contributed by atoms with E-state index in [1.54, 1.807) is 18.4 Å². The first-order valence-corrected chi connectivity index (χ1v) is 8.50. The molecule has 1 aliphatic heterocycles. The van der Waals surface area contributed by atoms with E-state index in [-0.39, 0.29) is 6.61 Å². The van der Waals surface area contributed by atoms with E-state index in [1.807, 2.05) is 0 Å². The third-order valence-corrected chi connectivity index (χ3v) is 5.80. The number of ether oxygens (including phenoxy) is 1. The second-order valence-electron chi connectivity index (χ2n) is 5.90. The molecule has 1 N–H and O–H groups in total. The van der Waals surface area contributed by atoms with Gasteiger partial charge in [-0.2, -0.15) is 0 Å². The Morgan fingerprint density at radius 3 is 2.80 bits per heavy atom. The van der Waals surface area contributed by atoms with Gasteiger partial charge in [0, 0.05) is 19.7 Å². The highest BCUT2D eigenvalue weighted by molar-refractivity contribution is 7.15. The first-order valence-electron chi connectivity index (χ1n) is 7.68. The molecule has 2 aliphatic rings. The van der Waals surface area contributed by atoms with Crippen LogP contribution in [0.5, 0.6) is 0 Å². The Bertz CT molecular complexity index is 443. The molecule has 1 aromatic rings. The van der Waals surface area contributed by atoms with E-state index in [0.29, 0.717) is 12.6 Å². The van der Waals surface area contributed by atoms with Gasteiger partial charge in [0.15, 0.2) is 5.13 Å². The van der Waals surface area contributed by atoms with E-state index < -0.39 is 0 Å². The summed E-state index contributed by atoms with van der Waals surface area (Å²) in [5, 5.41) is 10.6. The molecule has 1 aliphatic carbocycles. The molecule has 20 heavy (non-hydrogen) atoms. The summed E-state index contributed by atoms with van der Waals surface area (Å²) in [5.41, 5.74) is 0.909. The molecule has 112 valence electrons. The number of aromatic nitrogens is 1. The maximum absolute atomic E-state index is 9.47. The SMILES string of the molecule is COCc1nc(N2CCCC2C2CCCC2)sc1CO. The number of rotatable bonds is 5. The van der Waals surface area contributed by atoms with Gasteiger partial charge in [-0.1, -0.05) is 24.2 Å². The molecule has 1 aromatic heterocycles. The van der Waals surface area contributed by atoms with Gasteiger partial charge in [0.2, 0.25) is 0 Å². The molecule has 1 saturated heterocycles. The molecule has 0 spiro atoms. The van der Waals surface area contributed by atoms with Crippen LogP contribution in [0.3, 0.4) is 0 Å². The van der Waals surface area contributed by atoms with Gasteiger partial charge >= 0.3 is 0 Å². The zero-order valence-electron chi connectivity index (χ0n) is 12.2. The monoisotopic (exact) mass is 296 g/mol. The van der Waals surface area contributed by atoms with Crippen molar-refractivity contribution in [1.29, 1.82) is 0 Å².